The molecule has 2 aromatic heterocycles. The van der Waals surface area contributed by atoms with Crippen molar-refractivity contribution in [2.75, 3.05) is 5.32 Å². The molecule has 0 fully saturated rings. The van der Waals surface area contributed by atoms with Gasteiger partial charge in [0.25, 0.3) is 5.89 Å². The number of benzene rings is 2. The smallest absolute Gasteiger partial charge is 0.322 e. The minimum atomic E-state index is -0.215. The average Bonchev–Trinajstić information content (AvgIpc) is 3.11. The zero-order valence-electron chi connectivity index (χ0n) is 13.2. The molecule has 4 rings (SSSR count). The third-order valence-electron chi connectivity index (χ3n) is 3.79. The van der Waals surface area contributed by atoms with Crippen molar-refractivity contribution in [1.29, 1.82) is 0 Å². The molecule has 0 radical (unpaired) electrons. The molecule has 4 aromatic rings. The normalized spacial score (nSPS) is 10.7. The molecule has 6 heteroatoms. The summed E-state index contributed by atoms with van der Waals surface area (Å²) in [5, 5.41) is 12.5. The number of carbonyl (C=O) groups is 1. The molecular weight excluding hydrogens is 316 g/mol. The van der Waals surface area contributed by atoms with Crippen molar-refractivity contribution < 1.29 is 9.21 Å². The van der Waals surface area contributed by atoms with Gasteiger partial charge in [0.2, 0.25) is 5.91 Å². The molecule has 0 saturated heterocycles. The first kappa shape index (κ1) is 15.0. The van der Waals surface area contributed by atoms with E-state index in [2.05, 4.69) is 20.5 Å². The van der Waals surface area contributed by atoms with Gasteiger partial charge in [-0.2, -0.15) is 0 Å². The van der Waals surface area contributed by atoms with E-state index in [4.69, 9.17) is 4.42 Å². The van der Waals surface area contributed by atoms with Gasteiger partial charge < -0.3 is 4.42 Å². The Morgan fingerprint density at radius 3 is 2.68 bits per heavy atom. The van der Waals surface area contributed by atoms with Crippen molar-refractivity contribution >= 4 is 22.7 Å². The molecule has 0 aliphatic heterocycles. The van der Waals surface area contributed by atoms with Crippen LogP contribution < -0.4 is 5.32 Å². The largest absolute Gasteiger partial charge is 0.401 e. The van der Waals surface area contributed by atoms with Gasteiger partial charge >= 0.3 is 6.01 Å². The highest BCUT2D eigenvalue weighted by Gasteiger charge is 2.13. The van der Waals surface area contributed by atoms with Crippen LogP contribution in [-0.2, 0) is 11.2 Å². The summed E-state index contributed by atoms with van der Waals surface area (Å²) < 4.78 is 5.45. The van der Waals surface area contributed by atoms with Gasteiger partial charge in [-0.3, -0.25) is 15.1 Å². The summed E-state index contributed by atoms with van der Waals surface area (Å²) >= 11 is 0. The maximum Gasteiger partial charge on any atom is 0.322 e. The third-order valence-corrected chi connectivity index (χ3v) is 3.79. The summed E-state index contributed by atoms with van der Waals surface area (Å²) in [5.74, 6) is 0.0497. The highest BCUT2D eigenvalue weighted by molar-refractivity contribution is 5.95. The molecule has 122 valence electrons. The molecule has 2 heterocycles. The lowest BCUT2D eigenvalue weighted by Gasteiger charge is -2.05. The van der Waals surface area contributed by atoms with E-state index in [9.17, 15) is 4.79 Å². The van der Waals surface area contributed by atoms with Gasteiger partial charge in [0, 0.05) is 6.20 Å². The second-order valence-corrected chi connectivity index (χ2v) is 5.49. The van der Waals surface area contributed by atoms with Crippen LogP contribution in [0.1, 0.15) is 5.56 Å². The summed E-state index contributed by atoms with van der Waals surface area (Å²) in [6.07, 6.45) is 1.86. The Kier molecular flexibility index (Phi) is 3.92. The average molecular weight is 330 g/mol. The summed E-state index contributed by atoms with van der Waals surface area (Å²) in [6.45, 7) is 0. The van der Waals surface area contributed by atoms with Gasteiger partial charge in [-0.05, 0) is 28.5 Å². The van der Waals surface area contributed by atoms with Crippen LogP contribution in [0.25, 0.3) is 22.4 Å². The Bertz CT molecular complexity index is 1020. The van der Waals surface area contributed by atoms with E-state index in [0.717, 1.165) is 16.3 Å². The van der Waals surface area contributed by atoms with Gasteiger partial charge in [0.15, 0.2) is 0 Å². The molecule has 0 atom stereocenters. The number of fused-ring (bicyclic) bond motifs is 1. The molecule has 0 aliphatic carbocycles. The van der Waals surface area contributed by atoms with E-state index in [1.165, 1.54) is 0 Å². The molecule has 1 N–H and O–H groups in total. The molecule has 0 spiro atoms. The molecular formula is C19H14N4O2. The van der Waals surface area contributed by atoms with Crippen LogP contribution in [0.15, 0.2) is 71.3 Å². The van der Waals surface area contributed by atoms with Crippen LogP contribution >= 0.6 is 0 Å². The minimum absolute atomic E-state index is 0.0610. The van der Waals surface area contributed by atoms with Crippen LogP contribution in [0.3, 0.4) is 0 Å². The van der Waals surface area contributed by atoms with E-state index < -0.39 is 0 Å². The summed E-state index contributed by atoms with van der Waals surface area (Å²) in [4.78, 5) is 16.5. The monoisotopic (exact) mass is 330 g/mol. The number of nitrogens with zero attached hydrogens (tertiary/aromatic N) is 3. The van der Waals surface area contributed by atoms with E-state index in [-0.39, 0.29) is 24.2 Å². The number of rotatable bonds is 4. The van der Waals surface area contributed by atoms with Crippen molar-refractivity contribution in [3.05, 3.63) is 72.4 Å². The van der Waals surface area contributed by atoms with Gasteiger partial charge in [-0.25, -0.2) is 0 Å². The summed E-state index contributed by atoms with van der Waals surface area (Å²) in [5.41, 5.74) is 1.50. The lowest BCUT2D eigenvalue weighted by atomic mass is 10.0. The maximum absolute atomic E-state index is 12.3. The first-order valence-electron chi connectivity index (χ1n) is 7.81. The standard InChI is InChI=1S/C19H14N4O2/c24-17(12-14-8-5-7-13-6-1-2-9-15(13)14)21-19-23-22-18(25-19)16-10-3-4-11-20-16/h1-11H,12H2,(H,21,23,24). The number of carbonyl (C=O) groups excluding carboxylic acids is 1. The molecule has 0 bridgehead atoms. The van der Waals surface area contributed by atoms with Crippen molar-refractivity contribution in [1.82, 2.24) is 15.2 Å². The summed E-state index contributed by atoms with van der Waals surface area (Å²) in [6, 6.07) is 19.3. The second-order valence-electron chi connectivity index (χ2n) is 5.49. The van der Waals surface area contributed by atoms with Crippen LogP contribution in [0, 0.1) is 0 Å². The van der Waals surface area contributed by atoms with E-state index in [1.807, 2.05) is 48.5 Å². The molecule has 6 nitrogen and oxygen atoms in total. The van der Waals surface area contributed by atoms with Gasteiger partial charge in [0.05, 0.1) is 6.42 Å². The number of pyridine rings is 1. The molecule has 0 saturated carbocycles. The van der Waals surface area contributed by atoms with Gasteiger partial charge in [-0.15, -0.1) is 5.10 Å². The number of hydrogen-bond acceptors (Lipinski definition) is 5. The van der Waals surface area contributed by atoms with Crippen molar-refractivity contribution in [3.63, 3.8) is 0 Å². The molecule has 1 amide bonds. The quantitative estimate of drug-likeness (QED) is 0.620. The Morgan fingerprint density at radius 2 is 1.80 bits per heavy atom. The lowest BCUT2D eigenvalue weighted by molar-refractivity contribution is -0.115. The van der Waals surface area contributed by atoms with Crippen LogP contribution in [0.2, 0.25) is 0 Å². The number of nitrogens with one attached hydrogen (secondary N) is 1. The van der Waals surface area contributed by atoms with Crippen LogP contribution in [-0.4, -0.2) is 21.1 Å². The highest BCUT2D eigenvalue weighted by Crippen LogP contribution is 2.20. The van der Waals surface area contributed by atoms with Gasteiger partial charge in [0.1, 0.15) is 5.69 Å². The van der Waals surface area contributed by atoms with E-state index in [0.29, 0.717) is 5.69 Å². The zero-order chi connectivity index (χ0) is 17.1. The van der Waals surface area contributed by atoms with Crippen LogP contribution in [0.5, 0.6) is 0 Å². The Morgan fingerprint density at radius 1 is 0.960 bits per heavy atom. The third kappa shape index (κ3) is 3.23. The fourth-order valence-electron chi connectivity index (χ4n) is 2.65. The van der Waals surface area contributed by atoms with Crippen molar-refractivity contribution in [2.45, 2.75) is 6.42 Å². The molecule has 25 heavy (non-hydrogen) atoms. The van der Waals surface area contributed by atoms with Crippen molar-refractivity contribution in [2.24, 2.45) is 0 Å². The Balaban J connectivity index is 1.50. The fourth-order valence-corrected chi connectivity index (χ4v) is 2.65. The number of amides is 1. The molecule has 0 unspecified atom stereocenters. The highest BCUT2D eigenvalue weighted by atomic mass is 16.4. The maximum atomic E-state index is 12.3. The summed E-state index contributed by atoms with van der Waals surface area (Å²) in [7, 11) is 0. The fraction of sp³-hybridized carbons (Fsp3) is 0.0526. The van der Waals surface area contributed by atoms with E-state index in [1.54, 1.807) is 18.3 Å². The predicted molar refractivity (Wildman–Crippen MR) is 93.8 cm³/mol. The SMILES string of the molecule is O=C(Cc1cccc2ccccc12)Nc1nnc(-c2ccccn2)o1. The van der Waals surface area contributed by atoms with E-state index >= 15 is 0 Å². The minimum Gasteiger partial charge on any atom is -0.401 e. The van der Waals surface area contributed by atoms with Gasteiger partial charge in [-0.1, -0.05) is 53.6 Å². The van der Waals surface area contributed by atoms with Crippen LogP contribution in [0.4, 0.5) is 6.01 Å². The second kappa shape index (κ2) is 6.52. The first-order chi connectivity index (χ1) is 12.3. The number of aromatic nitrogens is 3. The lowest BCUT2D eigenvalue weighted by Crippen LogP contribution is -2.14. The predicted octanol–water partition coefficient (Wildman–Crippen LogP) is 3.47. The number of anilines is 1. The Hall–Kier alpha value is -3.54. The zero-order valence-corrected chi connectivity index (χ0v) is 13.2. The topological polar surface area (TPSA) is 80.9 Å². The van der Waals surface area contributed by atoms with Crippen molar-refractivity contribution in [3.8, 4) is 11.6 Å². The molecule has 0 aliphatic rings. The Labute approximate surface area is 143 Å². The molecule has 2 aromatic carbocycles. The first-order valence-corrected chi connectivity index (χ1v) is 7.81. The number of hydrogen-bond donors (Lipinski definition) is 1.